The van der Waals surface area contributed by atoms with Crippen LogP contribution in [0.5, 0.6) is 0 Å². The lowest BCUT2D eigenvalue weighted by molar-refractivity contribution is -0.137. The number of rotatable bonds is 8. The van der Waals surface area contributed by atoms with E-state index in [1.165, 1.54) is 6.07 Å². The first-order valence-electron chi connectivity index (χ1n) is 9.89. The van der Waals surface area contributed by atoms with Crippen molar-refractivity contribution < 1.29 is 18.0 Å². The minimum Gasteiger partial charge on any atom is -0.357 e. The van der Waals surface area contributed by atoms with E-state index in [4.69, 9.17) is 0 Å². The fraction of sp³-hybridized carbons (Fsp3) is 0.364. The molecular weight excluding hydrogens is 520 g/mol. The summed E-state index contributed by atoms with van der Waals surface area (Å²) in [5, 5.41) is 9.06. The summed E-state index contributed by atoms with van der Waals surface area (Å²) in [5.41, 5.74) is 1.25. The van der Waals surface area contributed by atoms with Gasteiger partial charge < -0.3 is 16.0 Å². The Kier molecular flexibility index (Phi) is 11.4. The van der Waals surface area contributed by atoms with Crippen LogP contribution in [0.15, 0.2) is 53.5 Å². The van der Waals surface area contributed by atoms with Crippen LogP contribution in [0.1, 0.15) is 47.3 Å². The van der Waals surface area contributed by atoms with E-state index in [-0.39, 0.29) is 36.4 Å². The molecule has 0 atom stereocenters. The van der Waals surface area contributed by atoms with Crippen LogP contribution in [0.3, 0.4) is 0 Å². The van der Waals surface area contributed by atoms with E-state index in [1.54, 1.807) is 18.2 Å². The first-order chi connectivity index (χ1) is 14.3. The van der Waals surface area contributed by atoms with Crippen LogP contribution >= 0.6 is 24.0 Å². The van der Waals surface area contributed by atoms with Crippen molar-refractivity contribution in [3.05, 3.63) is 70.8 Å². The summed E-state index contributed by atoms with van der Waals surface area (Å²) in [6.45, 7) is 5.64. The molecule has 0 heterocycles. The zero-order valence-electron chi connectivity index (χ0n) is 17.6. The SMILES string of the molecule is CCCNC(=O)c1cccc(CNC(=NCc2cccc(C(F)(F)F)c2)NCC)c1.I. The van der Waals surface area contributed by atoms with Gasteiger partial charge in [-0.2, -0.15) is 13.2 Å². The smallest absolute Gasteiger partial charge is 0.357 e. The van der Waals surface area contributed by atoms with Crippen molar-refractivity contribution in [1.29, 1.82) is 0 Å². The van der Waals surface area contributed by atoms with Crippen LogP contribution in [0.2, 0.25) is 0 Å². The molecule has 2 aromatic rings. The van der Waals surface area contributed by atoms with Gasteiger partial charge in [0, 0.05) is 25.2 Å². The van der Waals surface area contributed by atoms with E-state index in [2.05, 4.69) is 20.9 Å². The summed E-state index contributed by atoms with van der Waals surface area (Å²) < 4.78 is 38.6. The average Bonchev–Trinajstić information content (AvgIpc) is 2.73. The average molecular weight is 548 g/mol. The van der Waals surface area contributed by atoms with Crippen LogP contribution in [-0.2, 0) is 19.3 Å². The highest BCUT2D eigenvalue weighted by Gasteiger charge is 2.30. The predicted molar refractivity (Wildman–Crippen MR) is 128 cm³/mol. The third kappa shape index (κ3) is 9.16. The lowest BCUT2D eigenvalue weighted by Gasteiger charge is -2.13. The molecule has 0 saturated carbocycles. The second-order valence-electron chi connectivity index (χ2n) is 6.70. The maximum atomic E-state index is 12.9. The third-order valence-corrected chi connectivity index (χ3v) is 4.20. The highest BCUT2D eigenvalue weighted by molar-refractivity contribution is 14.0. The molecule has 0 aliphatic heterocycles. The van der Waals surface area contributed by atoms with Crippen molar-refractivity contribution in [3.63, 3.8) is 0 Å². The number of nitrogens with one attached hydrogen (secondary N) is 3. The molecule has 1 amide bonds. The van der Waals surface area contributed by atoms with Gasteiger partial charge in [0.05, 0.1) is 12.1 Å². The van der Waals surface area contributed by atoms with Crippen molar-refractivity contribution in [2.24, 2.45) is 4.99 Å². The molecule has 9 heteroatoms. The molecular formula is C22H28F3IN4O. The number of nitrogens with zero attached hydrogens (tertiary/aromatic N) is 1. The Hall–Kier alpha value is -2.30. The number of halogens is 4. The van der Waals surface area contributed by atoms with Crippen LogP contribution in [0.25, 0.3) is 0 Å². The summed E-state index contributed by atoms with van der Waals surface area (Å²) in [7, 11) is 0. The lowest BCUT2D eigenvalue weighted by atomic mass is 10.1. The van der Waals surface area contributed by atoms with E-state index in [0.29, 0.717) is 36.7 Å². The van der Waals surface area contributed by atoms with E-state index >= 15 is 0 Å². The Morgan fingerprint density at radius 1 is 0.968 bits per heavy atom. The minimum absolute atomic E-state index is 0. The monoisotopic (exact) mass is 548 g/mol. The van der Waals surface area contributed by atoms with Crippen molar-refractivity contribution >= 4 is 35.8 Å². The molecule has 5 nitrogen and oxygen atoms in total. The van der Waals surface area contributed by atoms with Gasteiger partial charge in [-0.05, 0) is 48.7 Å². The van der Waals surface area contributed by atoms with Gasteiger partial charge >= 0.3 is 6.18 Å². The summed E-state index contributed by atoms with van der Waals surface area (Å²) >= 11 is 0. The van der Waals surface area contributed by atoms with E-state index < -0.39 is 11.7 Å². The lowest BCUT2D eigenvalue weighted by Crippen LogP contribution is -2.36. The number of carbonyl (C=O) groups excluding carboxylic acids is 1. The molecule has 170 valence electrons. The predicted octanol–water partition coefficient (Wildman–Crippen LogP) is 4.72. The van der Waals surface area contributed by atoms with Gasteiger partial charge in [0.15, 0.2) is 5.96 Å². The van der Waals surface area contributed by atoms with Crippen LogP contribution in [0, 0.1) is 0 Å². The number of aliphatic imine (C=N–C) groups is 1. The quantitative estimate of drug-likeness (QED) is 0.254. The normalized spacial score (nSPS) is 11.5. The van der Waals surface area contributed by atoms with Gasteiger partial charge in [-0.3, -0.25) is 4.79 Å². The number of benzene rings is 2. The summed E-state index contributed by atoms with van der Waals surface area (Å²) in [6, 6.07) is 12.4. The van der Waals surface area contributed by atoms with Gasteiger partial charge in [0.25, 0.3) is 5.91 Å². The molecule has 0 unspecified atom stereocenters. The van der Waals surface area contributed by atoms with Gasteiger partial charge in [-0.15, -0.1) is 24.0 Å². The van der Waals surface area contributed by atoms with Crippen LogP contribution in [-0.4, -0.2) is 25.0 Å². The summed E-state index contributed by atoms with van der Waals surface area (Å²) in [5.74, 6) is 0.361. The maximum absolute atomic E-state index is 12.9. The van der Waals surface area contributed by atoms with Crippen molar-refractivity contribution in [2.75, 3.05) is 13.1 Å². The highest BCUT2D eigenvalue weighted by Crippen LogP contribution is 2.29. The van der Waals surface area contributed by atoms with Gasteiger partial charge in [-0.1, -0.05) is 31.2 Å². The summed E-state index contributed by atoms with van der Waals surface area (Å²) in [6.07, 6.45) is -3.52. The minimum atomic E-state index is -4.38. The number of alkyl halides is 3. The zero-order valence-corrected chi connectivity index (χ0v) is 19.9. The van der Waals surface area contributed by atoms with E-state index in [0.717, 1.165) is 24.1 Å². The third-order valence-electron chi connectivity index (χ3n) is 4.20. The Morgan fingerprint density at radius 2 is 1.68 bits per heavy atom. The molecule has 2 aromatic carbocycles. The van der Waals surface area contributed by atoms with Gasteiger partial charge in [-0.25, -0.2) is 4.99 Å². The Bertz CT molecular complexity index is 872. The van der Waals surface area contributed by atoms with Gasteiger partial charge in [0.1, 0.15) is 0 Å². The Morgan fingerprint density at radius 3 is 2.35 bits per heavy atom. The Balaban J connectivity index is 0.00000480. The number of carbonyl (C=O) groups is 1. The Labute approximate surface area is 197 Å². The van der Waals surface area contributed by atoms with Crippen molar-refractivity contribution in [2.45, 2.75) is 39.5 Å². The molecule has 0 radical (unpaired) electrons. The van der Waals surface area contributed by atoms with E-state index in [9.17, 15) is 18.0 Å². The maximum Gasteiger partial charge on any atom is 0.416 e. The fourth-order valence-electron chi connectivity index (χ4n) is 2.71. The summed E-state index contributed by atoms with van der Waals surface area (Å²) in [4.78, 5) is 16.5. The van der Waals surface area contributed by atoms with Crippen molar-refractivity contribution in [3.8, 4) is 0 Å². The molecule has 0 aromatic heterocycles. The molecule has 0 spiro atoms. The molecule has 0 aliphatic carbocycles. The van der Waals surface area contributed by atoms with E-state index in [1.807, 2.05) is 26.0 Å². The van der Waals surface area contributed by atoms with Crippen molar-refractivity contribution in [1.82, 2.24) is 16.0 Å². The molecule has 31 heavy (non-hydrogen) atoms. The molecule has 3 N–H and O–H groups in total. The molecule has 2 rings (SSSR count). The van der Waals surface area contributed by atoms with Crippen LogP contribution < -0.4 is 16.0 Å². The fourth-order valence-corrected chi connectivity index (χ4v) is 2.71. The molecule has 0 saturated heterocycles. The number of amides is 1. The molecule has 0 fully saturated rings. The second-order valence-corrected chi connectivity index (χ2v) is 6.70. The number of hydrogen-bond donors (Lipinski definition) is 3. The first kappa shape index (κ1) is 26.7. The second kappa shape index (κ2) is 13.2. The first-order valence-corrected chi connectivity index (χ1v) is 9.89. The van der Waals surface area contributed by atoms with Gasteiger partial charge in [0.2, 0.25) is 0 Å². The topological polar surface area (TPSA) is 65.5 Å². The molecule has 0 aliphatic rings. The standard InChI is InChI=1S/C22H27F3N4O.HI/c1-3-11-27-20(30)18-9-5-7-16(12-18)14-28-21(26-4-2)29-15-17-8-6-10-19(13-17)22(23,24)25;/h5-10,12-13H,3-4,11,14-15H2,1-2H3,(H,27,30)(H2,26,28,29);1H. The zero-order chi connectivity index (χ0) is 22.0. The number of guanidine groups is 1. The largest absolute Gasteiger partial charge is 0.416 e. The molecule has 0 bridgehead atoms. The highest BCUT2D eigenvalue weighted by atomic mass is 127. The van der Waals surface area contributed by atoms with Crippen LogP contribution in [0.4, 0.5) is 13.2 Å². The number of hydrogen-bond acceptors (Lipinski definition) is 2.